The van der Waals surface area contributed by atoms with Gasteiger partial charge < -0.3 is 14.2 Å². The van der Waals surface area contributed by atoms with Crippen molar-refractivity contribution >= 4 is 37.4 Å². The first kappa shape index (κ1) is 32.4. The van der Waals surface area contributed by atoms with Gasteiger partial charge in [-0.1, -0.05) is 25.5 Å². The lowest BCUT2D eigenvalue weighted by Gasteiger charge is -2.35. The molecule has 3 unspecified atom stereocenters. The number of nitriles is 1. The number of hydrogen-bond acceptors (Lipinski definition) is 8. The Morgan fingerprint density at radius 1 is 1.14 bits per heavy atom. The maximum atomic E-state index is 13.5. The minimum atomic E-state index is -3.65. The second kappa shape index (κ2) is 13.9. The molecule has 2 aromatic rings. The first-order valence-electron chi connectivity index (χ1n) is 15.1. The van der Waals surface area contributed by atoms with E-state index < -0.39 is 21.9 Å². The fourth-order valence-electron chi connectivity index (χ4n) is 6.33. The number of sulfonamides is 1. The van der Waals surface area contributed by atoms with Crippen molar-refractivity contribution in [1.82, 2.24) is 4.31 Å². The molecular formula is C33H38BrN3O6S. The van der Waals surface area contributed by atoms with Crippen LogP contribution < -0.4 is 9.47 Å². The average Bonchev–Trinajstić information content (AvgIpc) is 3.00. The summed E-state index contributed by atoms with van der Waals surface area (Å²) in [5.74, 6) is 0.219. The summed E-state index contributed by atoms with van der Waals surface area (Å²) in [6.45, 7) is 7.73. The van der Waals surface area contributed by atoms with E-state index in [1.807, 2.05) is 32.0 Å². The van der Waals surface area contributed by atoms with Crippen LogP contribution in [0.3, 0.4) is 0 Å². The van der Waals surface area contributed by atoms with Gasteiger partial charge in [-0.05, 0) is 83.9 Å². The first-order valence-corrected chi connectivity index (χ1v) is 17.4. The maximum Gasteiger partial charge on any atom is 0.243 e. The van der Waals surface area contributed by atoms with E-state index in [0.29, 0.717) is 72.2 Å². The Labute approximate surface area is 268 Å². The molecule has 0 amide bonds. The third kappa shape index (κ3) is 6.64. The van der Waals surface area contributed by atoms with Crippen molar-refractivity contribution in [2.45, 2.75) is 63.9 Å². The van der Waals surface area contributed by atoms with E-state index in [4.69, 9.17) is 19.2 Å². The smallest absolute Gasteiger partial charge is 0.243 e. The molecule has 3 atom stereocenters. The zero-order valence-electron chi connectivity index (χ0n) is 25.3. The van der Waals surface area contributed by atoms with E-state index in [1.54, 1.807) is 18.2 Å². The molecule has 0 spiro atoms. The molecule has 0 N–H and O–H groups in total. The Hall–Kier alpha value is -3.04. The van der Waals surface area contributed by atoms with Crippen molar-refractivity contribution in [2.75, 3.05) is 32.9 Å². The van der Waals surface area contributed by atoms with E-state index in [-0.39, 0.29) is 23.2 Å². The van der Waals surface area contributed by atoms with Gasteiger partial charge in [0.05, 0.1) is 41.2 Å². The summed E-state index contributed by atoms with van der Waals surface area (Å²) in [4.78, 5) is 18.5. The SMILES string of the molecule is CCCC1CC(=O)C2=C(C1)N=C(C)C(C#N)C2c1cc(Br)c(OCc2cccc(S(=O)(=O)N3CCOCC3)c2)c(OCC)c1. The molecule has 1 saturated heterocycles. The quantitative estimate of drug-likeness (QED) is 0.293. The number of carbonyl (C=O) groups excluding carboxylic acids is 1. The van der Waals surface area contributed by atoms with Crippen molar-refractivity contribution in [1.29, 1.82) is 5.26 Å². The van der Waals surface area contributed by atoms with Gasteiger partial charge in [0.1, 0.15) is 6.61 Å². The molecule has 234 valence electrons. The van der Waals surface area contributed by atoms with Crippen molar-refractivity contribution in [3.63, 3.8) is 0 Å². The van der Waals surface area contributed by atoms with Crippen LogP contribution in [0.5, 0.6) is 11.5 Å². The van der Waals surface area contributed by atoms with Gasteiger partial charge in [0.25, 0.3) is 0 Å². The molecule has 2 aliphatic heterocycles. The molecule has 0 bridgehead atoms. The van der Waals surface area contributed by atoms with Crippen molar-refractivity contribution in [3.05, 3.63) is 63.3 Å². The number of ketones is 1. The van der Waals surface area contributed by atoms with Crippen LogP contribution in [0.4, 0.5) is 0 Å². The van der Waals surface area contributed by atoms with Crippen molar-refractivity contribution < 1.29 is 27.4 Å². The highest BCUT2D eigenvalue weighted by molar-refractivity contribution is 9.10. The zero-order valence-corrected chi connectivity index (χ0v) is 27.7. The number of aliphatic imine (C=N–C) groups is 1. The van der Waals surface area contributed by atoms with Gasteiger partial charge in [0.2, 0.25) is 10.0 Å². The number of hydrogen-bond donors (Lipinski definition) is 0. The van der Waals surface area contributed by atoms with E-state index in [2.05, 4.69) is 28.9 Å². The lowest BCUT2D eigenvalue weighted by molar-refractivity contribution is -0.117. The van der Waals surface area contributed by atoms with E-state index >= 15 is 0 Å². The van der Waals surface area contributed by atoms with Crippen LogP contribution in [0.2, 0.25) is 0 Å². The number of nitrogens with zero attached hydrogens (tertiary/aromatic N) is 3. The predicted molar refractivity (Wildman–Crippen MR) is 170 cm³/mol. The number of ether oxygens (including phenoxy) is 3. The molecule has 2 heterocycles. The summed E-state index contributed by atoms with van der Waals surface area (Å²) in [6, 6.07) is 12.9. The largest absolute Gasteiger partial charge is 0.490 e. The third-order valence-corrected chi connectivity index (χ3v) is 10.9. The van der Waals surface area contributed by atoms with Gasteiger partial charge in [0.15, 0.2) is 17.3 Å². The van der Waals surface area contributed by atoms with Crippen LogP contribution in [-0.4, -0.2) is 57.1 Å². The Morgan fingerprint density at radius 3 is 2.61 bits per heavy atom. The average molecular weight is 685 g/mol. The summed E-state index contributed by atoms with van der Waals surface area (Å²) >= 11 is 3.66. The summed E-state index contributed by atoms with van der Waals surface area (Å²) in [5, 5.41) is 10.2. The minimum absolute atomic E-state index is 0.0625. The van der Waals surface area contributed by atoms with E-state index in [0.717, 1.165) is 30.5 Å². The molecule has 1 fully saturated rings. The summed E-state index contributed by atoms with van der Waals surface area (Å²) < 4.78 is 46.0. The summed E-state index contributed by atoms with van der Waals surface area (Å²) in [6.07, 6.45) is 3.18. The fraction of sp³-hybridized carbons (Fsp3) is 0.485. The first-order chi connectivity index (χ1) is 21.2. The van der Waals surface area contributed by atoms with Gasteiger partial charge in [-0.15, -0.1) is 0 Å². The lowest BCUT2D eigenvalue weighted by Crippen LogP contribution is -2.40. The highest BCUT2D eigenvalue weighted by Gasteiger charge is 2.41. The number of allylic oxidation sites excluding steroid dienone is 2. The maximum absolute atomic E-state index is 13.5. The summed E-state index contributed by atoms with van der Waals surface area (Å²) in [7, 11) is -3.65. The molecule has 11 heteroatoms. The molecule has 9 nitrogen and oxygen atoms in total. The van der Waals surface area contributed by atoms with Crippen LogP contribution in [-0.2, 0) is 26.2 Å². The van der Waals surface area contributed by atoms with Crippen LogP contribution in [0.1, 0.15) is 63.5 Å². The fourth-order valence-corrected chi connectivity index (χ4v) is 8.39. The Bertz CT molecular complexity index is 1620. The van der Waals surface area contributed by atoms with Gasteiger partial charge in [-0.25, -0.2) is 8.42 Å². The highest BCUT2D eigenvalue weighted by atomic mass is 79.9. The normalized spacial score (nSPS) is 22.7. The number of Topliss-reactive ketones (excluding diaryl/α,β-unsaturated/α-hetero) is 1. The minimum Gasteiger partial charge on any atom is -0.490 e. The predicted octanol–water partition coefficient (Wildman–Crippen LogP) is 6.18. The Balaban J connectivity index is 1.44. The van der Waals surface area contributed by atoms with Crippen LogP contribution in [0, 0.1) is 23.2 Å². The number of benzene rings is 2. The van der Waals surface area contributed by atoms with Crippen molar-refractivity contribution in [3.8, 4) is 17.6 Å². The third-order valence-electron chi connectivity index (χ3n) is 8.39. The number of morpholine rings is 1. The molecule has 1 aliphatic carbocycles. The molecule has 44 heavy (non-hydrogen) atoms. The van der Waals surface area contributed by atoms with E-state index in [9.17, 15) is 18.5 Å². The van der Waals surface area contributed by atoms with Gasteiger partial charge in [-0.3, -0.25) is 9.79 Å². The molecule has 5 rings (SSSR count). The van der Waals surface area contributed by atoms with Crippen LogP contribution in [0.15, 0.2) is 62.0 Å². The van der Waals surface area contributed by atoms with Crippen LogP contribution >= 0.6 is 15.9 Å². The molecule has 0 saturated carbocycles. The molecular weight excluding hydrogens is 646 g/mol. The second-order valence-corrected chi connectivity index (χ2v) is 14.2. The van der Waals surface area contributed by atoms with E-state index in [1.165, 1.54) is 4.31 Å². The van der Waals surface area contributed by atoms with Gasteiger partial charge in [0, 0.05) is 42.4 Å². The Morgan fingerprint density at radius 2 is 1.91 bits per heavy atom. The second-order valence-electron chi connectivity index (χ2n) is 11.4. The molecule has 0 radical (unpaired) electrons. The standard InChI is InChI=1S/C33H38BrN3O6S/c1-4-7-22-15-28-32(29(38)16-22)31(26(19-35)21(3)36-28)24-17-27(34)33(30(18-24)42-5-2)43-20-23-8-6-9-25(14-23)44(39,40)37-10-12-41-13-11-37/h6,8-9,14,17-18,22,26,31H,4-5,7,10-13,15-16,20H2,1-3H3. The van der Waals surface area contributed by atoms with Crippen LogP contribution in [0.25, 0.3) is 0 Å². The van der Waals surface area contributed by atoms with Gasteiger partial charge >= 0.3 is 0 Å². The topological polar surface area (TPSA) is 118 Å². The van der Waals surface area contributed by atoms with Gasteiger partial charge in [-0.2, -0.15) is 9.57 Å². The molecule has 2 aromatic carbocycles. The Kier molecular flexibility index (Phi) is 10.3. The number of halogens is 1. The number of carbonyl (C=O) groups is 1. The number of rotatable bonds is 10. The zero-order chi connectivity index (χ0) is 31.4. The summed E-state index contributed by atoms with van der Waals surface area (Å²) in [5.41, 5.74) is 3.61. The lowest BCUT2D eigenvalue weighted by atomic mass is 9.70. The monoisotopic (exact) mass is 683 g/mol. The highest BCUT2D eigenvalue weighted by Crippen LogP contribution is 2.48. The molecule has 0 aromatic heterocycles. The van der Waals surface area contributed by atoms with Crippen molar-refractivity contribution in [2.24, 2.45) is 16.8 Å². The molecule has 3 aliphatic rings.